The molecule has 0 saturated heterocycles. The molecular formula is C19H19ClN6O. The minimum atomic E-state index is -0.107. The third-order valence-electron chi connectivity index (χ3n) is 3.62. The zero-order valence-electron chi connectivity index (χ0n) is 14.7. The predicted molar refractivity (Wildman–Crippen MR) is 108 cm³/mol. The number of halogens is 1. The van der Waals surface area contributed by atoms with Gasteiger partial charge in [-0.1, -0.05) is 23.7 Å². The Labute approximate surface area is 162 Å². The van der Waals surface area contributed by atoms with E-state index in [1.54, 1.807) is 6.20 Å². The molecule has 2 aromatic carbocycles. The summed E-state index contributed by atoms with van der Waals surface area (Å²) >= 11 is 5.99. The number of benzene rings is 2. The van der Waals surface area contributed by atoms with Gasteiger partial charge >= 0.3 is 0 Å². The van der Waals surface area contributed by atoms with Crippen LogP contribution in [-0.2, 0) is 11.2 Å². The van der Waals surface area contributed by atoms with E-state index in [0.29, 0.717) is 18.3 Å². The van der Waals surface area contributed by atoms with Gasteiger partial charge in [0.25, 0.3) is 0 Å². The van der Waals surface area contributed by atoms with E-state index in [9.17, 15) is 4.79 Å². The van der Waals surface area contributed by atoms with Gasteiger partial charge in [0.15, 0.2) is 5.82 Å². The molecule has 0 saturated carbocycles. The standard InChI is InChI=1S/C19H19ClN6O/c1-13(27)23-16-5-7-17(8-6-16)24-18-12-22-26-19(25-18)21-10-9-14-3-2-4-15(20)11-14/h2-8,11-12H,9-10H2,1H3,(H,23,27)(H2,21,24,25,26). The van der Waals surface area contributed by atoms with Crippen molar-refractivity contribution in [1.82, 2.24) is 15.2 Å². The molecule has 0 aliphatic rings. The molecule has 7 nitrogen and oxygen atoms in total. The highest BCUT2D eigenvalue weighted by Gasteiger charge is 2.02. The van der Waals surface area contributed by atoms with Crippen molar-refractivity contribution in [2.45, 2.75) is 13.3 Å². The number of hydrogen-bond acceptors (Lipinski definition) is 6. The van der Waals surface area contributed by atoms with Crippen LogP contribution in [0, 0.1) is 0 Å². The highest BCUT2D eigenvalue weighted by Crippen LogP contribution is 2.17. The van der Waals surface area contributed by atoms with E-state index in [4.69, 9.17) is 11.6 Å². The minimum absolute atomic E-state index is 0.107. The second kappa shape index (κ2) is 8.95. The number of aromatic nitrogens is 3. The van der Waals surface area contributed by atoms with Gasteiger partial charge in [-0.05, 0) is 48.4 Å². The Hall–Kier alpha value is -3.19. The number of carbonyl (C=O) groups excluding carboxylic acids is 1. The number of nitrogens with one attached hydrogen (secondary N) is 3. The summed E-state index contributed by atoms with van der Waals surface area (Å²) < 4.78 is 0. The van der Waals surface area contributed by atoms with Crippen molar-refractivity contribution in [3.05, 3.63) is 65.3 Å². The van der Waals surface area contributed by atoms with Crippen LogP contribution < -0.4 is 16.0 Å². The first kappa shape index (κ1) is 18.6. The molecule has 0 atom stereocenters. The van der Waals surface area contributed by atoms with Crippen molar-refractivity contribution in [3.8, 4) is 0 Å². The molecule has 0 unspecified atom stereocenters. The number of carbonyl (C=O) groups is 1. The van der Waals surface area contributed by atoms with Crippen molar-refractivity contribution >= 4 is 40.6 Å². The Balaban J connectivity index is 1.56. The highest BCUT2D eigenvalue weighted by atomic mass is 35.5. The lowest BCUT2D eigenvalue weighted by Crippen LogP contribution is -2.09. The summed E-state index contributed by atoms with van der Waals surface area (Å²) in [6.45, 7) is 2.14. The van der Waals surface area contributed by atoms with Gasteiger partial charge in [-0.2, -0.15) is 10.1 Å². The van der Waals surface area contributed by atoms with Crippen LogP contribution in [0.25, 0.3) is 0 Å². The average Bonchev–Trinajstić information content (AvgIpc) is 2.63. The van der Waals surface area contributed by atoms with Gasteiger partial charge in [0.1, 0.15) is 0 Å². The third kappa shape index (κ3) is 5.93. The van der Waals surface area contributed by atoms with E-state index in [0.717, 1.165) is 28.4 Å². The monoisotopic (exact) mass is 382 g/mol. The van der Waals surface area contributed by atoms with Gasteiger partial charge in [0, 0.05) is 29.9 Å². The average molecular weight is 383 g/mol. The summed E-state index contributed by atoms with van der Waals surface area (Å²) in [6, 6.07) is 15.0. The van der Waals surface area contributed by atoms with Crippen molar-refractivity contribution < 1.29 is 4.79 Å². The van der Waals surface area contributed by atoms with E-state index in [1.165, 1.54) is 6.92 Å². The topological polar surface area (TPSA) is 91.8 Å². The molecule has 3 N–H and O–H groups in total. The molecule has 0 spiro atoms. The minimum Gasteiger partial charge on any atom is -0.353 e. The quantitative estimate of drug-likeness (QED) is 0.574. The number of nitrogens with zero attached hydrogens (tertiary/aromatic N) is 3. The predicted octanol–water partition coefficient (Wildman–Crippen LogP) is 3.88. The fraction of sp³-hybridized carbons (Fsp3) is 0.158. The van der Waals surface area contributed by atoms with Gasteiger partial charge in [-0.25, -0.2) is 0 Å². The van der Waals surface area contributed by atoms with Crippen LogP contribution in [-0.4, -0.2) is 27.6 Å². The van der Waals surface area contributed by atoms with Gasteiger partial charge in [-0.15, -0.1) is 5.10 Å². The molecular weight excluding hydrogens is 364 g/mol. The number of rotatable bonds is 7. The van der Waals surface area contributed by atoms with Crippen LogP contribution >= 0.6 is 11.6 Å². The summed E-state index contributed by atoms with van der Waals surface area (Å²) in [5.74, 6) is 0.906. The molecule has 1 aromatic heterocycles. The summed E-state index contributed by atoms with van der Waals surface area (Å²) in [7, 11) is 0. The molecule has 8 heteroatoms. The molecule has 0 aliphatic heterocycles. The molecule has 3 aromatic rings. The van der Waals surface area contributed by atoms with Crippen LogP contribution in [0.1, 0.15) is 12.5 Å². The molecule has 1 heterocycles. The Kier molecular flexibility index (Phi) is 6.17. The van der Waals surface area contributed by atoms with E-state index in [-0.39, 0.29) is 5.91 Å². The summed E-state index contributed by atoms with van der Waals surface area (Å²) in [4.78, 5) is 15.5. The first-order valence-corrected chi connectivity index (χ1v) is 8.79. The van der Waals surface area contributed by atoms with Gasteiger partial charge in [0.05, 0.1) is 6.20 Å². The lowest BCUT2D eigenvalue weighted by Gasteiger charge is -2.09. The maximum atomic E-state index is 11.1. The summed E-state index contributed by atoms with van der Waals surface area (Å²) in [5, 5.41) is 17.7. The first-order valence-electron chi connectivity index (χ1n) is 8.41. The second-order valence-electron chi connectivity index (χ2n) is 5.86. The Morgan fingerprint density at radius 2 is 1.89 bits per heavy atom. The molecule has 0 bridgehead atoms. The van der Waals surface area contributed by atoms with Crippen LogP contribution in [0.5, 0.6) is 0 Å². The van der Waals surface area contributed by atoms with Gasteiger partial charge < -0.3 is 16.0 Å². The van der Waals surface area contributed by atoms with Crippen molar-refractivity contribution in [2.75, 3.05) is 22.5 Å². The van der Waals surface area contributed by atoms with E-state index >= 15 is 0 Å². The van der Waals surface area contributed by atoms with E-state index in [2.05, 4.69) is 31.1 Å². The van der Waals surface area contributed by atoms with Crippen LogP contribution in [0.3, 0.4) is 0 Å². The maximum Gasteiger partial charge on any atom is 0.244 e. The summed E-state index contributed by atoms with van der Waals surface area (Å²) in [5.41, 5.74) is 2.70. The third-order valence-corrected chi connectivity index (χ3v) is 3.86. The van der Waals surface area contributed by atoms with Crippen LogP contribution in [0.2, 0.25) is 5.02 Å². The SMILES string of the molecule is CC(=O)Nc1ccc(Nc2cnnc(NCCc3cccc(Cl)c3)n2)cc1. The Morgan fingerprint density at radius 1 is 1.11 bits per heavy atom. The Morgan fingerprint density at radius 3 is 2.63 bits per heavy atom. The smallest absolute Gasteiger partial charge is 0.244 e. The molecule has 3 rings (SSSR count). The number of amides is 1. The largest absolute Gasteiger partial charge is 0.353 e. The highest BCUT2D eigenvalue weighted by molar-refractivity contribution is 6.30. The number of anilines is 4. The fourth-order valence-electron chi connectivity index (χ4n) is 2.44. The van der Waals surface area contributed by atoms with E-state index in [1.807, 2.05) is 48.5 Å². The molecule has 1 amide bonds. The number of hydrogen-bond donors (Lipinski definition) is 3. The van der Waals surface area contributed by atoms with Crippen LogP contribution in [0.4, 0.5) is 23.1 Å². The molecule has 0 aliphatic carbocycles. The van der Waals surface area contributed by atoms with Crippen molar-refractivity contribution in [3.63, 3.8) is 0 Å². The van der Waals surface area contributed by atoms with Crippen LogP contribution in [0.15, 0.2) is 54.7 Å². The van der Waals surface area contributed by atoms with Gasteiger partial charge in [0.2, 0.25) is 11.9 Å². The first-order chi connectivity index (χ1) is 13.1. The summed E-state index contributed by atoms with van der Waals surface area (Å²) in [6.07, 6.45) is 2.34. The van der Waals surface area contributed by atoms with Crippen molar-refractivity contribution in [1.29, 1.82) is 0 Å². The lowest BCUT2D eigenvalue weighted by atomic mass is 10.1. The maximum absolute atomic E-state index is 11.1. The normalized spacial score (nSPS) is 10.3. The molecule has 27 heavy (non-hydrogen) atoms. The fourth-order valence-corrected chi connectivity index (χ4v) is 2.65. The zero-order chi connectivity index (χ0) is 19.1. The Bertz CT molecular complexity index is 916. The molecule has 0 fully saturated rings. The second-order valence-corrected chi connectivity index (χ2v) is 6.29. The zero-order valence-corrected chi connectivity index (χ0v) is 15.5. The molecule has 138 valence electrons. The van der Waals surface area contributed by atoms with Gasteiger partial charge in [-0.3, -0.25) is 4.79 Å². The molecule has 0 radical (unpaired) electrons. The van der Waals surface area contributed by atoms with E-state index < -0.39 is 0 Å². The van der Waals surface area contributed by atoms with Crippen molar-refractivity contribution in [2.24, 2.45) is 0 Å². The lowest BCUT2D eigenvalue weighted by molar-refractivity contribution is -0.114.